The molecule has 1 N–H and O–H groups in total. The van der Waals surface area contributed by atoms with Crippen molar-refractivity contribution < 1.29 is 14.3 Å². The van der Waals surface area contributed by atoms with Crippen LogP contribution in [0.1, 0.15) is 24.1 Å². The first kappa shape index (κ1) is 15.9. The summed E-state index contributed by atoms with van der Waals surface area (Å²) in [4.78, 5) is 12.0. The van der Waals surface area contributed by atoms with E-state index in [0.717, 1.165) is 16.9 Å². The smallest absolute Gasteiger partial charge is 0.258 e. The monoisotopic (exact) mass is 299 g/mol. The molecule has 2 aromatic rings. The summed E-state index contributed by atoms with van der Waals surface area (Å²) in [5.74, 6) is 1.25. The van der Waals surface area contributed by atoms with Crippen LogP contribution >= 0.6 is 0 Å². The van der Waals surface area contributed by atoms with Gasteiger partial charge in [-0.3, -0.25) is 4.79 Å². The lowest BCUT2D eigenvalue weighted by atomic mass is 10.0. The number of aryl methyl sites for hydroxylation is 1. The fourth-order valence-electron chi connectivity index (χ4n) is 2.25. The number of ether oxygens (including phenoxy) is 2. The summed E-state index contributed by atoms with van der Waals surface area (Å²) >= 11 is 0. The molecule has 0 aromatic heterocycles. The summed E-state index contributed by atoms with van der Waals surface area (Å²) in [7, 11) is 1.61. The van der Waals surface area contributed by atoms with Gasteiger partial charge in [0.1, 0.15) is 11.5 Å². The van der Waals surface area contributed by atoms with Crippen molar-refractivity contribution in [3.8, 4) is 11.5 Å². The minimum Gasteiger partial charge on any atom is -0.497 e. The zero-order valence-corrected chi connectivity index (χ0v) is 13.1. The third kappa shape index (κ3) is 4.25. The largest absolute Gasteiger partial charge is 0.497 e. The summed E-state index contributed by atoms with van der Waals surface area (Å²) in [6.45, 7) is 3.99. The van der Waals surface area contributed by atoms with Crippen LogP contribution in [-0.2, 0) is 4.79 Å². The van der Waals surface area contributed by atoms with Gasteiger partial charge < -0.3 is 14.8 Å². The van der Waals surface area contributed by atoms with Gasteiger partial charge in [0.05, 0.1) is 13.2 Å². The van der Waals surface area contributed by atoms with Crippen molar-refractivity contribution in [1.82, 2.24) is 5.32 Å². The quantitative estimate of drug-likeness (QED) is 0.890. The first-order chi connectivity index (χ1) is 10.6. The summed E-state index contributed by atoms with van der Waals surface area (Å²) in [6, 6.07) is 15.1. The van der Waals surface area contributed by atoms with Gasteiger partial charge in [-0.25, -0.2) is 0 Å². The van der Waals surface area contributed by atoms with Gasteiger partial charge in [0, 0.05) is 0 Å². The summed E-state index contributed by atoms with van der Waals surface area (Å²) in [5.41, 5.74) is 2.27. The van der Waals surface area contributed by atoms with Crippen molar-refractivity contribution in [2.75, 3.05) is 13.7 Å². The Morgan fingerprint density at radius 2 is 1.73 bits per heavy atom. The second-order valence-corrected chi connectivity index (χ2v) is 5.11. The molecule has 116 valence electrons. The van der Waals surface area contributed by atoms with E-state index in [2.05, 4.69) is 5.32 Å². The Morgan fingerprint density at radius 1 is 1.09 bits per heavy atom. The SMILES string of the molecule is COc1ccc(OCC(=O)NC(C)c2ccccc2C)cc1. The van der Waals surface area contributed by atoms with Crippen molar-refractivity contribution in [2.45, 2.75) is 19.9 Å². The first-order valence-corrected chi connectivity index (χ1v) is 7.22. The molecule has 1 amide bonds. The molecule has 0 aliphatic heterocycles. The molecule has 0 saturated heterocycles. The van der Waals surface area contributed by atoms with Crippen LogP contribution < -0.4 is 14.8 Å². The molecule has 4 heteroatoms. The van der Waals surface area contributed by atoms with Gasteiger partial charge in [-0.1, -0.05) is 24.3 Å². The van der Waals surface area contributed by atoms with Crippen LogP contribution in [-0.4, -0.2) is 19.6 Å². The molecular weight excluding hydrogens is 278 g/mol. The first-order valence-electron chi connectivity index (χ1n) is 7.22. The van der Waals surface area contributed by atoms with Crippen LogP contribution in [0.4, 0.5) is 0 Å². The number of nitrogens with one attached hydrogen (secondary N) is 1. The van der Waals surface area contributed by atoms with Crippen LogP contribution in [0.5, 0.6) is 11.5 Å². The van der Waals surface area contributed by atoms with E-state index in [-0.39, 0.29) is 18.6 Å². The zero-order chi connectivity index (χ0) is 15.9. The highest BCUT2D eigenvalue weighted by Crippen LogP contribution is 2.18. The maximum Gasteiger partial charge on any atom is 0.258 e. The molecule has 0 saturated carbocycles. The molecule has 2 aromatic carbocycles. The standard InChI is InChI=1S/C18H21NO3/c1-13-6-4-5-7-17(13)14(2)19-18(20)12-22-16-10-8-15(21-3)9-11-16/h4-11,14H,12H2,1-3H3,(H,19,20). The van der Waals surface area contributed by atoms with E-state index < -0.39 is 0 Å². The van der Waals surface area contributed by atoms with Gasteiger partial charge in [-0.15, -0.1) is 0 Å². The lowest BCUT2D eigenvalue weighted by molar-refractivity contribution is -0.123. The predicted octanol–water partition coefficient (Wildman–Crippen LogP) is 3.26. The average molecular weight is 299 g/mol. The van der Waals surface area contributed by atoms with E-state index in [1.807, 2.05) is 38.1 Å². The summed E-state index contributed by atoms with van der Waals surface area (Å²) < 4.78 is 10.5. The van der Waals surface area contributed by atoms with Gasteiger partial charge in [-0.05, 0) is 49.2 Å². The van der Waals surface area contributed by atoms with Crippen LogP contribution in [0, 0.1) is 6.92 Å². The Balaban J connectivity index is 1.86. The van der Waals surface area contributed by atoms with Gasteiger partial charge >= 0.3 is 0 Å². The van der Waals surface area contributed by atoms with E-state index >= 15 is 0 Å². The molecule has 1 atom stereocenters. The Morgan fingerprint density at radius 3 is 2.36 bits per heavy atom. The van der Waals surface area contributed by atoms with E-state index in [4.69, 9.17) is 9.47 Å². The minimum absolute atomic E-state index is 0.0114. The third-order valence-corrected chi connectivity index (χ3v) is 3.46. The summed E-state index contributed by atoms with van der Waals surface area (Å²) in [5, 5.41) is 2.94. The van der Waals surface area contributed by atoms with Crippen LogP contribution in [0.3, 0.4) is 0 Å². The van der Waals surface area contributed by atoms with Crippen molar-refractivity contribution in [3.63, 3.8) is 0 Å². The van der Waals surface area contributed by atoms with E-state index in [9.17, 15) is 4.79 Å². The van der Waals surface area contributed by atoms with E-state index in [1.54, 1.807) is 31.4 Å². The third-order valence-electron chi connectivity index (χ3n) is 3.46. The molecular formula is C18H21NO3. The van der Waals surface area contributed by atoms with Crippen molar-refractivity contribution >= 4 is 5.91 Å². The molecule has 4 nitrogen and oxygen atoms in total. The van der Waals surface area contributed by atoms with Crippen molar-refractivity contribution in [1.29, 1.82) is 0 Å². The molecule has 1 unspecified atom stereocenters. The van der Waals surface area contributed by atoms with E-state index in [0.29, 0.717) is 5.75 Å². The maximum absolute atomic E-state index is 12.0. The highest BCUT2D eigenvalue weighted by Gasteiger charge is 2.11. The Kier molecular flexibility index (Phi) is 5.42. The Labute approximate surface area is 131 Å². The number of methoxy groups -OCH3 is 1. The number of hydrogen-bond acceptors (Lipinski definition) is 3. The van der Waals surface area contributed by atoms with Crippen LogP contribution in [0.15, 0.2) is 48.5 Å². The lowest BCUT2D eigenvalue weighted by Crippen LogP contribution is -2.31. The summed E-state index contributed by atoms with van der Waals surface area (Å²) in [6.07, 6.45) is 0. The second kappa shape index (κ2) is 7.50. The number of amides is 1. The van der Waals surface area contributed by atoms with Crippen LogP contribution in [0.25, 0.3) is 0 Å². The number of rotatable bonds is 6. The maximum atomic E-state index is 12.0. The number of hydrogen-bond donors (Lipinski definition) is 1. The molecule has 22 heavy (non-hydrogen) atoms. The molecule has 0 heterocycles. The molecule has 0 fully saturated rings. The fourth-order valence-corrected chi connectivity index (χ4v) is 2.25. The van der Waals surface area contributed by atoms with Gasteiger partial charge in [-0.2, -0.15) is 0 Å². The lowest BCUT2D eigenvalue weighted by Gasteiger charge is -2.16. The van der Waals surface area contributed by atoms with Crippen molar-refractivity contribution in [2.24, 2.45) is 0 Å². The fraction of sp³-hybridized carbons (Fsp3) is 0.278. The molecule has 0 radical (unpaired) electrons. The topological polar surface area (TPSA) is 47.6 Å². The second-order valence-electron chi connectivity index (χ2n) is 5.11. The predicted molar refractivity (Wildman–Crippen MR) is 86.2 cm³/mol. The zero-order valence-electron chi connectivity index (χ0n) is 13.1. The van der Waals surface area contributed by atoms with Gasteiger partial charge in [0.25, 0.3) is 5.91 Å². The van der Waals surface area contributed by atoms with Crippen molar-refractivity contribution in [3.05, 3.63) is 59.7 Å². The molecule has 2 rings (SSSR count). The average Bonchev–Trinajstić information content (AvgIpc) is 2.53. The molecule has 0 spiro atoms. The highest BCUT2D eigenvalue weighted by molar-refractivity contribution is 5.78. The van der Waals surface area contributed by atoms with Gasteiger partial charge in [0.2, 0.25) is 0 Å². The highest BCUT2D eigenvalue weighted by atomic mass is 16.5. The molecule has 0 bridgehead atoms. The molecule has 0 aliphatic carbocycles. The van der Waals surface area contributed by atoms with E-state index in [1.165, 1.54) is 0 Å². The Bertz CT molecular complexity index is 622. The minimum atomic E-state index is -0.147. The Hall–Kier alpha value is -2.49. The number of benzene rings is 2. The van der Waals surface area contributed by atoms with Crippen LogP contribution in [0.2, 0.25) is 0 Å². The molecule has 0 aliphatic rings. The van der Waals surface area contributed by atoms with Gasteiger partial charge in [0.15, 0.2) is 6.61 Å². The number of carbonyl (C=O) groups is 1. The normalized spacial score (nSPS) is 11.6. The number of carbonyl (C=O) groups excluding carboxylic acids is 1.